The minimum atomic E-state index is -0.390. The van der Waals surface area contributed by atoms with Crippen LogP contribution in [0.1, 0.15) is 27.7 Å². The average molecular weight is 535 g/mol. The molecule has 0 atom stereocenters. The van der Waals surface area contributed by atoms with Gasteiger partial charge in [-0.1, -0.05) is 66.7 Å². The Hall–Kier alpha value is -4.32. The summed E-state index contributed by atoms with van der Waals surface area (Å²) in [6.07, 6.45) is 0. The molecule has 0 spiro atoms. The molecule has 0 saturated carbocycles. The number of nitrogens with zero attached hydrogens (tertiary/aromatic N) is 1. The molecule has 0 aliphatic carbocycles. The van der Waals surface area contributed by atoms with Crippen LogP contribution in [0.25, 0.3) is 60.6 Å². The van der Waals surface area contributed by atoms with Crippen LogP contribution in [0.5, 0.6) is 0 Å². The van der Waals surface area contributed by atoms with Crippen LogP contribution in [0.2, 0.25) is 0 Å². The Bertz CT molecular complexity index is 2120. The Morgan fingerprint density at radius 3 is 2.05 bits per heavy atom. The first kappa shape index (κ1) is 24.5. The van der Waals surface area contributed by atoms with E-state index in [0.717, 1.165) is 49.7 Å². The standard InChI is InChI=1S/C36H30BNO3/c1-35(2)36(3,4)41-37(40-35)25-11-9-10-23(20-25)24-16-19-32-30(21-24)27-12-5-7-14-31(27)38(32)26-17-18-29-28-13-6-8-15-33(28)39-34(29)22-26/h5-22H,1-4H3. The van der Waals surface area contributed by atoms with E-state index in [1.807, 2.05) is 12.1 Å². The maximum absolute atomic E-state index is 6.34. The van der Waals surface area contributed by atoms with E-state index in [-0.39, 0.29) is 11.2 Å². The Kier molecular flexibility index (Phi) is 5.13. The summed E-state index contributed by atoms with van der Waals surface area (Å²) in [4.78, 5) is 0. The van der Waals surface area contributed by atoms with Crippen molar-refractivity contribution in [1.82, 2.24) is 4.57 Å². The fourth-order valence-corrected chi connectivity index (χ4v) is 6.13. The zero-order valence-electron chi connectivity index (χ0n) is 23.6. The van der Waals surface area contributed by atoms with Crippen molar-refractivity contribution in [2.24, 2.45) is 0 Å². The second kappa shape index (κ2) is 8.59. The highest BCUT2D eigenvalue weighted by atomic mass is 16.7. The van der Waals surface area contributed by atoms with Crippen LogP contribution in [0.15, 0.2) is 114 Å². The van der Waals surface area contributed by atoms with Crippen LogP contribution in [0.3, 0.4) is 0 Å². The van der Waals surface area contributed by atoms with Gasteiger partial charge >= 0.3 is 7.12 Å². The first-order chi connectivity index (χ1) is 19.8. The molecule has 8 rings (SSSR count). The number of rotatable bonds is 3. The molecule has 0 N–H and O–H groups in total. The fourth-order valence-electron chi connectivity index (χ4n) is 6.13. The third-order valence-corrected chi connectivity index (χ3v) is 9.04. The predicted molar refractivity (Wildman–Crippen MR) is 169 cm³/mol. The number of aromatic nitrogens is 1. The normalized spacial score (nSPS) is 16.4. The van der Waals surface area contributed by atoms with Crippen LogP contribution in [0.4, 0.5) is 0 Å². The van der Waals surface area contributed by atoms with Crippen molar-refractivity contribution in [3.8, 4) is 16.8 Å². The minimum absolute atomic E-state index is 0.375. The van der Waals surface area contributed by atoms with E-state index in [2.05, 4.69) is 129 Å². The molecule has 0 amide bonds. The predicted octanol–water partition coefficient (Wildman–Crippen LogP) is 8.65. The highest BCUT2D eigenvalue weighted by Crippen LogP contribution is 2.38. The molecule has 1 aliphatic heterocycles. The maximum Gasteiger partial charge on any atom is 0.494 e. The van der Waals surface area contributed by atoms with Gasteiger partial charge in [-0.25, -0.2) is 0 Å². The second-order valence-corrected chi connectivity index (χ2v) is 12.1. The van der Waals surface area contributed by atoms with Crippen molar-refractivity contribution in [1.29, 1.82) is 0 Å². The highest BCUT2D eigenvalue weighted by molar-refractivity contribution is 6.62. The Morgan fingerprint density at radius 2 is 1.22 bits per heavy atom. The molecule has 200 valence electrons. The molecule has 1 aliphatic rings. The molecule has 5 heteroatoms. The van der Waals surface area contributed by atoms with Crippen LogP contribution >= 0.6 is 0 Å². The van der Waals surface area contributed by atoms with Gasteiger partial charge in [0.25, 0.3) is 0 Å². The molecular formula is C36H30BNO3. The molecule has 5 aromatic carbocycles. The second-order valence-electron chi connectivity index (χ2n) is 12.1. The van der Waals surface area contributed by atoms with Gasteiger partial charge in [0.1, 0.15) is 11.2 Å². The minimum Gasteiger partial charge on any atom is -0.456 e. The van der Waals surface area contributed by atoms with Crippen molar-refractivity contribution in [3.05, 3.63) is 109 Å². The molecule has 0 radical (unpaired) electrons. The van der Waals surface area contributed by atoms with E-state index in [9.17, 15) is 0 Å². The maximum atomic E-state index is 6.34. The van der Waals surface area contributed by atoms with Gasteiger partial charge in [0.2, 0.25) is 0 Å². The zero-order chi connectivity index (χ0) is 27.9. The number of fused-ring (bicyclic) bond motifs is 6. The first-order valence-electron chi connectivity index (χ1n) is 14.2. The lowest BCUT2D eigenvalue weighted by molar-refractivity contribution is 0.00578. The van der Waals surface area contributed by atoms with Crippen LogP contribution < -0.4 is 5.46 Å². The van der Waals surface area contributed by atoms with Crippen LogP contribution in [-0.4, -0.2) is 22.9 Å². The van der Waals surface area contributed by atoms with Crippen LogP contribution in [0, 0.1) is 0 Å². The summed E-state index contributed by atoms with van der Waals surface area (Å²) < 4.78 is 21.2. The summed E-state index contributed by atoms with van der Waals surface area (Å²) in [5.74, 6) is 0. The molecular weight excluding hydrogens is 505 g/mol. The third kappa shape index (κ3) is 3.69. The van der Waals surface area contributed by atoms with E-state index in [1.165, 1.54) is 16.3 Å². The molecule has 7 aromatic rings. The molecule has 1 saturated heterocycles. The van der Waals surface area contributed by atoms with Gasteiger partial charge in [-0.3, -0.25) is 0 Å². The quantitative estimate of drug-likeness (QED) is 0.213. The monoisotopic (exact) mass is 535 g/mol. The molecule has 0 unspecified atom stereocenters. The summed E-state index contributed by atoms with van der Waals surface area (Å²) in [5.41, 5.74) is 7.79. The summed E-state index contributed by atoms with van der Waals surface area (Å²) >= 11 is 0. The number of benzene rings is 5. The highest BCUT2D eigenvalue weighted by Gasteiger charge is 2.51. The number of para-hydroxylation sites is 2. The van der Waals surface area contributed by atoms with Gasteiger partial charge in [-0.05, 0) is 80.7 Å². The molecule has 0 bridgehead atoms. The summed E-state index contributed by atoms with van der Waals surface area (Å²) in [7, 11) is -0.390. The Balaban J connectivity index is 1.25. The lowest BCUT2D eigenvalue weighted by Crippen LogP contribution is -2.41. The average Bonchev–Trinajstić information content (AvgIpc) is 3.58. The molecule has 3 heterocycles. The van der Waals surface area contributed by atoms with E-state index in [0.29, 0.717) is 0 Å². The van der Waals surface area contributed by atoms with Crippen molar-refractivity contribution in [2.75, 3.05) is 0 Å². The SMILES string of the molecule is CC1(C)OB(c2cccc(-c3ccc4c(c3)c3ccccc3n4-c3ccc4c(c3)oc3ccccc34)c2)OC1(C)C. The van der Waals surface area contributed by atoms with Gasteiger partial charge < -0.3 is 18.3 Å². The number of hydrogen-bond acceptors (Lipinski definition) is 3. The van der Waals surface area contributed by atoms with Gasteiger partial charge in [-0.15, -0.1) is 0 Å². The largest absolute Gasteiger partial charge is 0.494 e. The van der Waals surface area contributed by atoms with Crippen molar-refractivity contribution in [2.45, 2.75) is 38.9 Å². The lowest BCUT2D eigenvalue weighted by Gasteiger charge is -2.32. The lowest BCUT2D eigenvalue weighted by atomic mass is 9.78. The number of hydrogen-bond donors (Lipinski definition) is 0. The Morgan fingerprint density at radius 1 is 0.537 bits per heavy atom. The van der Waals surface area contributed by atoms with Crippen molar-refractivity contribution < 1.29 is 13.7 Å². The topological polar surface area (TPSA) is 36.5 Å². The summed E-state index contributed by atoms with van der Waals surface area (Å²) in [5, 5.41) is 4.71. The van der Waals surface area contributed by atoms with Gasteiger partial charge in [0.15, 0.2) is 0 Å². The van der Waals surface area contributed by atoms with Crippen LogP contribution in [-0.2, 0) is 9.31 Å². The van der Waals surface area contributed by atoms with E-state index < -0.39 is 7.12 Å². The van der Waals surface area contributed by atoms with Gasteiger partial charge in [0.05, 0.1) is 22.2 Å². The molecule has 1 fully saturated rings. The molecule has 41 heavy (non-hydrogen) atoms. The van der Waals surface area contributed by atoms with E-state index in [1.54, 1.807) is 0 Å². The van der Waals surface area contributed by atoms with E-state index >= 15 is 0 Å². The van der Waals surface area contributed by atoms with Crippen molar-refractivity contribution in [3.63, 3.8) is 0 Å². The smallest absolute Gasteiger partial charge is 0.456 e. The molecule has 2 aromatic heterocycles. The fraction of sp³-hybridized carbons (Fsp3) is 0.167. The van der Waals surface area contributed by atoms with E-state index in [4.69, 9.17) is 13.7 Å². The Labute approximate surface area is 239 Å². The third-order valence-electron chi connectivity index (χ3n) is 9.04. The van der Waals surface area contributed by atoms with Gasteiger partial charge in [0, 0.05) is 33.3 Å². The first-order valence-corrected chi connectivity index (χ1v) is 14.2. The van der Waals surface area contributed by atoms with Gasteiger partial charge in [-0.2, -0.15) is 0 Å². The van der Waals surface area contributed by atoms with Crippen molar-refractivity contribution >= 4 is 56.3 Å². The summed E-state index contributed by atoms with van der Waals surface area (Å²) in [6.45, 7) is 8.36. The summed E-state index contributed by atoms with van der Waals surface area (Å²) in [6, 6.07) is 38.6. The number of furan rings is 1. The zero-order valence-corrected chi connectivity index (χ0v) is 23.6. The molecule has 4 nitrogen and oxygen atoms in total.